The number of thioether (sulfide) groups is 1. The average Bonchev–Trinajstić information content (AvgIpc) is 3.69. The van der Waals surface area contributed by atoms with Crippen molar-refractivity contribution in [3.8, 4) is 0 Å². The highest BCUT2D eigenvalue weighted by molar-refractivity contribution is 8.13. The van der Waals surface area contributed by atoms with Crippen LogP contribution in [-0.2, 0) is 50.7 Å². The van der Waals surface area contributed by atoms with Crippen LogP contribution >= 0.6 is 35.2 Å². The van der Waals surface area contributed by atoms with Gasteiger partial charge in [-0.1, -0.05) is 25.6 Å². The lowest BCUT2D eigenvalue weighted by molar-refractivity contribution is -0.137. The van der Waals surface area contributed by atoms with Gasteiger partial charge in [0.15, 0.2) is 17.7 Å². The normalized spacial score (nSPS) is 22.0. The van der Waals surface area contributed by atoms with Crippen LogP contribution in [0, 0.1) is 5.41 Å². The number of imidazole rings is 1. The lowest BCUT2D eigenvalue weighted by Crippen LogP contribution is -2.46. The van der Waals surface area contributed by atoms with Crippen LogP contribution in [0.1, 0.15) is 39.3 Å². The maximum absolute atomic E-state index is 12.7. The molecule has 0 aliphatic carbocycles. The molecule has 0 spiro atoms. The SMILES string of the molecule is CC(C)(COP(=O)(O)OP(=O)(O)OCC1OC(n2cnc3c(N)ncnc32)C(O)C1OP(=O)(O)O)C(O)C(=O)NCCC(=O)NCCSC(=O)[C@@H](N)CC/C=C/[B-](O)(O)O. The van der Waals surface area contributed by atoms with E-state index in [1.807, 2.05) is 0 Å². The molecule has 15 N–H and O–H groups in total. The molecule has 8 atom stereocenters. The van der Waals surface area contributed by atoms with E-state index in [9.17, 15) is 57.9 Å². The molecule has 3 rings (SSSR count). The summed E-state index contributed by atoms with van der Waals surface area (Å²) in [5, 5.41) is 52.4. The second kappa shape index (κ2) is 21.5. The summed E-state index contributed by atoms with van der Waals surface area (Å²) in [6.45, 7) is -3.43. The van der Waals surface area contributed by atoms with E-state index in [0.29, 0.717) is 0 Å². The Bertz CT molecular complexity index is 1990. The number of phosphoric ester groups is 3. The van der Waals surface area contributed by atoms with Crippen LogP contribution in [0.15, 0.2) is 24.7 Å². The first kappa shape index (κ1) is 51.6. The largest absolute Gasteiger partial charge is 0.556 e. The highest BCUT2D eigenvalue weighted by Crippen LogP contribution is 2.61. The highest BCUT2D eigenvalue weighted by Gasteiger charge is 2.50. The van der Waals surface area contributed by atoms with Gasteiger partial charge >= 0.3 is 30.2 Å². The summed E-state index contributed by atoms with van der Waals surface area (Å²) in [5.74, 6) is -0.678. The van der Waals surface area contributed by atoms with Gasteiger partial charge in [0.25, 0.3) is 0 Å². The van der Waals surface area contributed by atoms with Crippen molar-refractivity contribution in [1.82, 2.24) is 30.2 Å². The van der Waals surface area contributed by atoms with Gasteiger partial charge < -0.3 is 71.7 Å². The molecule has 33 heteroatoms. The molecule has 0 saturated carbocycles. The molecule has 0 aromatic carbocycles. The summed E-state index contributed by atoms with van der Waals surface area (Å²) < 4.78 is 62.1. The number of nitrogens with zero attached hydrogens (tertiary/aromatic N) is 4. The van der Waals surface area contributed by atoms with Crippen molar-refractivity contribution in [2.75, 3.05) is 37.8 Å². The Labute approximate surface area is 344 Å². The molecule has 1 aliphatic rings. The maximum Gasteiger partial charge on any atom is 0.481 e. The number of phosphoric acid groups is 3. The van der Waals surface area contributed by atoms with Gasteiger partial charge in [-0.15, -0.1) is 6.08 Å². The van der Waals surface area contributed by atoms with Gasteiger partial charge in [-0.3, -0.25) is 32.5 Å². The van der Waals surface area contributed by atoms with Crippen LogP contribution in [0.5, 0.6) is 0 Å². The van der Waals surface area contributed by atoms with E-state index < -0.39 is 97.4 Å². The van der Waals surface area contributed by atoms with E-state index in [-0.39, 0.29) is 60.2 Å². The van der Waals surface area contributed by atoms with Gasteiger partial charge in [-0.05, 0) is 12.8 Å². The van der Waals surface area contributed by atoms with Crippen molar-refractivity contribution in [2.24, 2.45) is 11.1 Å². The Morgan fingerprint density at radius 1 is 1.07 bits per heavy atom. The van der Waals surface area contributed by atoms with E-state index in [2.05, 4.69) is 34.4 Å². The van der Waals surface area contributed by atoms with Crippen LogP contribution in [-0.4, -0.2) is 151 Å². The van der Waals surface area contributed by atoms with E-state index in [0.717, 1.165) is 35.0 Å². The van der Waals surface area contributed by atoms with Crippen molar-refractivity contribution >= 4 is 75.9 Å². The van der Waals surface area contributed by atoms with E-state index >= 15 is 0 Å². The fraction of sp³-hybridized carbons (Fsp3) is 0.630. The number of nitrogens with one attached hydrogen (secondary N) is 2. The van der Waals surface area contributed by atoms with Gasteiger partial charge in [-0.25, -0.2) is 28.6 Å². The number of rotatable bonds is 24. The fourth-order valence-corrected chi connectivity index (χ4v) is 8.63. The minimum absolute atomic E-state index is 0.0155. The number of hydrogen-bond donors (Lipinski definition) is 13. The number of nitrogen functional groups attached to an aromatic ring is 1. The number of ether oxygens (including phenoxy) is 1. The standard InChI is InChI=1S/C27H47BN8O20P3S/c1-27(2,21(39)24(40)32-8-6-17(37)31-9-10-60-26(41)15(29)5-3-4-7-28(42,43)44)12-53-59(50,51)56-58(48,49)52-11-16-20(55-57(45,46)47)19(38)25(54-16)36-14-35-18-22(30)33-13-34-23(18)36/h4,7,13-16,19-21,25,38-39,42-44H,3,5-6,8-12,29H2,1-2H3,(H,31,37)(H,32,40)(H,48,49)(H,50,51)(H2,30,33,34)(H2,45,46,47)/q-1/b7-4+/t15-,16?,19?,20?,21?,25?/m0/s1. The van der Waals surface area contributed by atoms with Gasteiger partial charge in [-0.2, -0.15) is 10.3 Å². The molecule has 1 saturated heterocycles. The zero-order valence-electron chi connectivity index (χ0n) is 31.7. The van der Waals surface area contributed by atoms with Crippen LogP contribution in [0.2, 0.25) is 0 Å². The molecule has 0 radical (unpaired) electrons. The molecule has 2 aromatic heterocycles. The van der Waals surface area contributed by atoms with Crippen LogP contribution in [0.3, 0.4) is 0 Å². The van der Waals surface area contributed by atoms with E-state index in [4.69, 9.17) is 40.3 Å². The molecule has 28 nitrogen and oxygen atoms in total. The summed E-state index contributed by atoms with van der Waals surface area (Å²) in [5.41, 5.74) is 9.95. The average molecular weight is 940 g/mol. The molecule has 340 valence electrons. The first-order chi connectivity index (χ1) is 27.6. The minimum atomic E-state index is -5.60. The maximum atomic E-state index is 12.7. The molecule has 60 heavy (non-hydrogen) atoms. The monoisotopic (exact) mass is 939 g/mol. The molecular weight excluding hydrogens is 892 g/mol. The lowest BCUT2D eigenvalue weighted by Gasteiger charge is -2.30. The number of amides is 2. The van der Waals surface area contributed by atoms with Crippen molar-refractivity contribution in [3.63, 3.8) is 0 Å². The number of aromatic nitrogens is 4. The van der Waals surface area contributed by atoms with E-state index in [1.165, 1.54) is 19.9 Å². The van der Waals surface area contributed by atoms with Gasteiger partial charge in [0, 0.05) is 30.7 Å². The number of aliphatic hydroxyl groups is 2. The van der Waals surface area contributed by atoms with Crippen LogP contribution in [0.25, 0.3) is 11.2 Å². The number of carbonyl (C=O) groups excluding carboxylic acids is 3. The Kier molecular flexibility index (Phi) is 18.5. The van der Waals surface area contributed by atoms with Gasteiger partial charge in [0.1, 0.15) is 36.3 Å². The first-order valence-corrected chi connectivity index (χ1v) is 22.9. The number of aliphatic hydroxyl groups excluding tert-OH is 2. The predicted octanol–water partition coefficient (Wildman–Crippen LogP) is -3.22. The number of carbonyl (C=O) groups is 3. The number of nitrogens with two attached hydrogens (primary N) is 2. The van der Waals surface area contributed by atoms with Crippen LogP contribution < -0.4 is 22.1 Å². The Hall–Kier alpha value is -2.80. The molecule has 3 heterocycles. The highest BCUT2D eigenvalue weighted by atomic mass is 32.2. The predicted molar refractivity (Wildman–Crippen MR) is 206 cm³/mol. The number of anilines is 1. The number of fused-ring (bicyclic) bond motifs is 1. The van der Waals surface area contributed by atoms with Gasteiger partial charge in [0.05, 0.1) is 25.6 Å². The van der Waals surface area contributed by atoms with E-state index in [1.54, 1.807) is 0 Å². The summed E-state index contributed by atoms with van der Waals surface area (Å²) in [6, 6.07) is -0.884. The summed E-state index contributed by atoms with van der Waals surface area (Å²) in [7, 11) is -16.5. The Morgan fingerprint density at radius 3 is 2.38 bits per heavy atom. The summed E-state index contributed by atoms with van der Waals surface area (Å²) in [6.07, 6.45) is -5.53. The Morgan fingerprint density at radius 2 is 1.73 bits per heavy atom. The third kappa shape index (κ3) is 16.5. The molecule has 2 amide bonds. The minimum Gasteiger partial charge on any atom is -0.556 e. The molecule has 1 aliphatic heterocycles. The van der Waals surface area contributed by atoms with Crippen molar-refractivity contribution < 1.29 is 95.6 Å². The second-order valence-electron chi connectivity index (χ2n) is 13.6. The topological polar surface area (TPSA) is 450 Å². The molecule has 7 unspecified atom stereocenters. The first-order valence-electron chi connectivity index (χ1n) is 17.4. The zero-order valence-corrected chi connectivity index (χ0v) is 35.2. The zero-order chi connectivity index (χ0) is 45.3. The van der Waals surface area contributed by atoms with Crippen molar-refractivity contribution in [1.29, 1.82) is 0 Å². The third-order valence-corrected chi connectivity index (χ3v) is 12.2. The Balaban J connectivity index is 1.44. The fourth-order valence-electron chi connectivity index (χ4n) is 5.06. The third-order valence-electron chi connectivity index (χ3n) is 8.09. The quantitative estimate of drug-likeness (QED) is 0.0280. The molecule has 2 aromatic rings. The molecular formula is C27H47BN8O20P3S-. The lowest BCUT2D eigenvalue weighted by atomic mass is 9.80. The molecule has 0 bridgehead atoms. The summed E-state index contributed by atoms with van der Waals surface area (Å²) >= 11 is 0.849. The van der Waals surface area contributed by atoms with Crippen molar-refractivity contribution in [3.05, 3.63) is 24.7 Å². The van der Waals surface area contributed by atoms with Crippen molar-refractivity contribution in [2.45, 2.75) is 69.8 Å². The molecule has 1 fully saturated rings. The second-order valence-corrected chi connectivity index (χ2v) is 19.0. The number of allylic oxidation sites excluding steroid dienone is 1. The summed E-state index contributed by atoms with van der Waals surface area (Å²) in [4.78, 5) is 87.8. The van der Waals surface area contributed by atoms with Gasteiger partial charge in [0.2, 0.25) is 16.9 Å². The van der Waals surface area contributed by atoms with Crippen LogP contribution in [0.4, 0.5) is 5.82 Å². The smallest absolute Gasteiger partial charge is 0.481 e. The number of hydrogen-bond acceptors (Lipinski definition) is 22.